The molecule has 1 atom stereocenters. The number of nitrogens with one attached hydrogen (secondary N) is 2. The van der Waals surface area contributed by atoms with Crippen LogP contribution >= 0.6 is 0 Å². The molecule has 7 nitrogen and oxygen atoms in total. The number of amides is 2. The number of rotatable bonds is 4. The Morgan fingerprint density at radius 3 is 2.73 bits per heavy atom. The quantitative estimate of drug-likeness (QED) is 0.697. The molecule has 4 rings (SSSR count). The number of nitrogens with zero attached hydrogens (tertiary/aromatic N) is 3. The van der Waals surface area contributed by atoms with E-state index in [9.17, 15) is 9.59 Å². The molecule has 1 aliphatic rings. The molecule has 154 valence electrons. The van der Waals surface area contributed by atoms with E-state index >= 15 is 0 Å². The highest BCUT2D eigenvalue weighted by Crippen LogP contribution is 2.22. The fourth-order valence-corrected chi connectivity index (χ4v) is 3.69. The Balaban J connectivity index is 1.42. The fourth-order valence-electron chi connectivity index (χ4n) is 3.69. The van der Waals surface area contributed by atoms with Crippen molar-refractivity contribution < 1.29 is 9.59 Å². The number of piperidine rings is 1. The molecular weight excluding hydrogens is 378 g/mol. The summed E-state index contributed by atoms with van der Waals surface area (Å²) in [6.45, 7) is 5.09. The van der Waals surface area contributed by atoms with Gasteiger partial charge in [-0.15, -0.1) is 0 Å². The van der Waals surface area contributed by atoms with Crippen LogP contribution in [0.5, 0.6) is 0 Å². The molecule has 30 heavy (non-hydrogen) atoms. The Labute approximate surface area is 175 Å². The summed E-state index contributed by atoms with van der Waals surface area (Å²) in [4.78, 5) is 31.7. The molecule has 0 bridgehead atoms. The molecule has 2 aromatic heterocycles. The first-order valence-corrected chi connectivity index (χ1v) is 10.2. The standard InChI is InChI=1S/C23H25N5O2/c1-15-8-9-18(12-16(15)2)25-22(29)17-6-5-11-28(14-17)23(30)21-13-20(26-27-21)19-7-3-4-10-24-19/h3-4,7-10,12-13,17H,5-6,11,14H2,1-2H3,(H,25,29)(H,26,27). The molecule has 3 heterocycles. The number of carbonyl (C=O) groups is 2. The number of benzene rings is 1. The van der Waals surface area contributed by atoms with Crippen LogP contribution < -0.4 is 5.32 Å². The number of carbonyl (C=O) groups excluding carboxylic acids is 2. The SMILES string of the molecule is Cc1ccc(NC(=O)C2CCCN(C(=O)c3cc(-c4ccccn4)n[nH]3)C2)cc1C. The van der Waals surface area contributed by atoms with Gasteiger partial charge >= 0.3 is 0 Å². The van der Waals surface area contributed by atoms with E-state index in [1.807, 2.05) is 50.2 Å². The van der Waals surface area contributed by atoms with Crippen LogP contribution in [0.15, 0.2) is 48.7 Å². The Kier molecular flexibility index (Phi) is 5.61. The highest BCUT2D eigenvalue weighted by molar-refractivity contribution is 5.95. The summed E-state index contributed by atoms with van der Waals surface area (Å²) in [5, 5.41) is 10.0. The summed E-state index contributed by atoms with van der Waals surface area (Å²) < 4.78 is 0. The van der Waals surface area contributed by atoms with E-state index in [0.717, 1.165) is 24.1 Å². The minimum atomic E-state index is -0.234. The number of aryl methyl sites for hydroxylation is 2. The first kappa shape index (κ1) is 19.8. The van der Waals surface area contributed by atoms with Crippen LogP contribution in [0.1, 0.15) is 34.5 Å². The number of aromatic amines is 1. The van der Waals surface area contributed by atoms with Crippen LogP contribution in [0.2, 0.25) is 0 Å². The second-order valence-electron chi connectivity index (χ2n) is 7.76. The zero-order valence-corrected chi connectivity index (χ0v) is 17.2. The second-order valence-corrected chi connectivity index (χ2v) is 7.76. The van der Waals surface area contributed by atoms with Crippen molar-refractivity contribution in [1.82, 2.24) is 20.1 Å². The lowest BCUT2D eigenvalue weighted by atomic mass is 9.96. The van der Waals surface area contributed by atoms with Crippen LogP contribution in [-0.2, 0) is 4.79 Å². The molecule has 1 aliphatic heterocycles. The van der Waals surface area contributed by atoms with Crippen molar-refractivity contribution in [3.05, 3.63) is 65.5 Å². The van der Waals surface area contributed by atoms with Crippen LogP contribution in [0, 0.1) is 19.8 Å². The zero-order chi connectivity index (χ0) is 21.1. The summed E-state index contributed by atoms with van der Waals surface area (Å²) in [5.74, 6) is -0.426. The van der Waals surface area contributed by atoms with Crippen LogP contribution in [-0.4, -0.2) is 45.0 Å². The maximum absolute atomic E-state index is 13.0. The third-order valence-electron chi connectivity index (χ3n) is 5.59. The van der Waals surface area contributed by atoms with Gasteiger partial charge in [-0.05, 0) is 68.1 Å². The minimum absolute atomic E-state index is 0.0467. The van der Waals surface area contributed by atoms with Gasteiger partial charge in [0.2, 0.25) is 5.91 Å². The van der Waals surface area contributed by atoms with Gasteiger partial charge in [-0.1, -0.05) is 12.1 Å². The van der Waals surface area contributed by atoms with Crippen molar-refractivity contribution in [2.24, 2.45) is 5.92 Å². The third-order valence-corrected chi connectivity index (χ3v) is 5.59. The Bertz CT molecular complexity index is 1060. The van der Waals surface area contributed by atoms with E-state index in [-0.39, 0.29) is 17.7 Å². The second kappa shape index (κ2) is 8.49. The lowest BCUT2D eigenvalue weighted by molar-refractivity contribution is -0.121. The highest BCUT2D eigenvalue weighted by Gasteiger charge is 2.30. The van der Waals surface area contributed by atoms with Gasteiger partial charge in [-0.3, -0.25) is 19.7 Å². The van der Waals surface area contributed by atoms with E-state index in [1.54, 1.807) is 17.2 Å². The van der Waals surface area contributed by atoms with Gasteiger partial charge in [0.05, 0.1) is 11.6 Å². The van der Waals surface area contributed by atoms with Gasteiger partial charge in [0.1, 0.15) is 11.4 Å². The molecule has 0 aliphatic carbocycles. The molecule has 2 amide bonds. The summed E-state index contributed by atoms with van der Waals surface area (Å²) in [7, 11) is 0. The van der Waals surface area contributed by atoms with Gasteiger partial charge in [0.15, 0.2) is 0 Å². The minimum Gasteiger partial charge on any atom is -0.337 e. The van der Waals surface area contributed by atoms with Crippen molar-refractivity contribution in [1.29, 1.82) is 0 Å². The average Bonchev–Trinajstić information content (AvgIpc) is 3.27. The Morgan fingerprint density at radius 1 is 1.10 bits per heavy atom. The highest BCUT2D eigenvalue weighted by atomic mass is 16.2. The Morgan fingerprint density at radius 2 is 1.97 bits per heavy atom. The zero-order valence-electron chi connectivity index (χ0n) is 17.2. The summed E-state index contributed by atoms with van der Waals surface area (Å²) in [5.41, 5.74) is 4.85. The molecular formula is C23H25N5O2. The average molecular weight is 403 g/mol. The fraction of sp³-hybridized carbons (Fsp3) is 0.304. The summed E-state index contributed by atoms with van der Waals surface area (Å²) in [6.07, 6.45) is 3.25. The van der Waals surface area contributed by atoms with Crippen molar-refractivity contribution in [2.45, 2.75) is 26.7 Å². The monoisotopic (exact) mass is 403 g/mol. The third kappa shape index (κ3) is 4.25. The number of aromatic nitrogens is 3. The normalized spacial score (nSPS) is 16.3. The van der Waals surface area contributed by atoms with Crippen molar-refractivity contribution >= 4 is 17.5 Å². The van der Waals surface area contributed by atoms with Gasteiger partial charge in [-0.25, -0.2) is 0 Å². The molecule has 0 radical (unpaired) electrons. The molecule has 0 spiro atoms. The molecule has 1 fully saturated rings. The van der Waals surface area contributed by atoms with Crippen LogP contribution in [0.4, 0.5) is 5.69 Å². The van der Waals surface area contributed by atoms with Crippen LogP contribution in [0.25, 0.3) is 11.4 Å². The van der Waals surface area contributed by atoms with E-state index < -0.39 is 0 Å². The molecule has 2 N–H and O–H groups in total. The first-order chi connectivity index (χ1) is 14.5. The van der Waals surface area contributed by atoms with Gasteiger partial charge in [-0.2, -0.15) is 5.10 Å². The van der Waals surface area contributed by atoms with Crippen molar-refractivity contribution in [2.75, 3.05) is 18.4 Å². The van der Waals surface area contributed by atoms with E-state index in [1.165, 1.54) is 5.56 Å². The van der Waals surface area contributed by atoms with E-state index in [0.29, 0.717) is 30.2 Å². The number of anilines is 1. The lowest BCUT2D eigenvalue weighted by Gasteiger charge is -2.31. The molecule has 7 heteroatoms. The molecule has 1 aromatic carbocycles. The summed E-state index contributed by atoms with van der Waals surface area (Å²) in [6, 6.07) is 13.2. The smallest absolute Gasteiger partial charge is 0.271 e. The van der Waals surface area contributed by atoms with Crippen molar-refractivity contribution in [3.8, 4) is 11.4 Å². The van der Waals surface area contributed by atoms with Gasteiger partial charge in [0, 0.05) is 25.0 Å². The number of hydrogen-bond donors (Lipinski definition) is 2. The molecule has 3 aromatic rings. The maximum Gasteiger partial charge on any atom is 0.271 e. The van der Waals surface area contributed by atoms with Crippen LogP contribution in [0.3, 0.4) is 0 Å². The maximum atomic E-state index is 13.0. The van der Waals surface area contributed by atoms with Gasteiger partial charge < -0.3 is 10.2 Å². The largest absolute Gasteiger partial charge is 0.337 e. The molecule has 1 saturated heterocycles. The topological polar surface area (TPSA) is 91.0 Å². The number of H-pyrrole nitrogens is 1. The number of hydrogen-bond acceptors (Lipinski definition) is 4. The summed E-state index contributed by atoms with van der Waals surface area (Å²) >= 11 is 0. The van der Waals surface area contributed by atoms with Gasteiger partial charge in [0.25, 0.3) is 5.91 Å². The van der Waals surface area contributed by atoms with Crippen molar-refractivity contribution in [3.63, 3.8) is 0 Å². The number of likely N-dealkylation sites (tertiary alicyclic amines) is 1. The first-order valence-electron chi connectivity index (χ1n) is 10.2. The van der Waals surface area contributed by atoms with E-state index in [2.05, 4.69) is 20.5 Å². The Hall–Kier alpha value is -3.48. The predicted molar refractivity (Wildman–Crippen MR) is 115 cm³/mol. The molecule has 0 saturated carbocycles. The number of pyridine rings is 1. The lowest BCUT2D eigenvalue weighted by Crippen LogP contribution is -2.43. The van der Waals surface area contributed by atoms with E-state index in [4.69, 9.17) is 0 Å². The predicted octanol–water partition coefficient (Wildman–Crippen LogP) is 3.58. The molecule has 1 unspecified atom stereocenters.